The van der Waals surface area contributed by atoms with Crippen molar-refractivity contribution in [2.45, 2.75) is 64.4 Å². The predicted octanol–water partition coefficient (Wildman–Crippen LogP) is 2.94. The van der Waals surface area contributed by atoms with Gasteiger partial charge in [0.1, 0.15) is 6.61 Å². The average molecular weight is 450 g/mol. The first kappa shape index (κ1) is 22.2. The van der Waals surface area contributed by atoms with Gasteiger partial charge in [0.25, 0.3) is 0 Å². The second-order valence-corrected chi connectivity index (χ2v) is 10.1. The van der Waals surface area contributed by atoms with E-state index in [1.807, 2.05) is 6.07 Å². The summed E-state index contributed by atoms with van der Waals surface area (Å²) in [6.07, 6.45) is 8.27. The normalized spacial score (nSPS) is 35.0. The van der Waals surface area contributed by atoms with E-state index in [0.717, 1.165) is 11.7 Å². The third-order valence-corrected chi connectivity index (χ3v) is 7.26. The maximum atomic E-state index is 6.36. The van der Waals surface area contributed by atoms with Gasteiger partial charge in [-0.05, 0) is 59.8 Å². The Balaban J connectivity index is 0.00000112. The summed E-state index contributed by atoms with van der Waals surface area (Å²) in [7, 11) is 0. The second-order valence-electron chi connectivity index (χ2n) is 10.1. The third kappa shape index (κ3) is 3.91. The number of hydrogen-bond donors (Lipinski definition) is 0. The van der Waals surface area contributed by atoms with Crippen molar-refractivity contribution in [3.05, 3.63) is 65.7 Å². The summed E-state index contributed by atoms with van der Waals surface area (Å²) in [5.74, 6) is 1.98. The topological polar surface area (TPSA) is 9.23 Å². The molecule has 2 unspecified atom stereocenters. The molecule has 2 atom stereocenters. The van der Waals surface area contributed by atoms with Crippen LogP contribution in [0.15, 0.2) is 48.5 Å². The second kappa shape index (κ2) is 7.96. The van der Waals surface area contributed by atoms with E-state index in [1.165, 1.54) is 49.7 Å². The van der Waals surface area contributed by atoms with E-state index in [4.69, 9.17) is 4.74 Å². The molecule has 4 aliphatic carbocycles. The minimum Gasteiger partial charge on any atom is -1.00 e. The predicted molar refractivity (Wildman–Crippen MR) is 111 cm³/mol. The standard InChI is InChI=1S/C25H29O.BrH.Mg/c1-23-12-20-13-24(2,16-23)18-25(14-20,17-23)21-10-6-7-11-22(21)26-15-19-8-4-3-5-9-19;;/h3-5,7-11,20H,12-18H2,1-2H3;1H;/q-1;;+2/p-1. The summed E-state index contributed by atoms with van der Waals surface area (Å²) in [5.41, 5.74) is 3.99. The summed E-state index contributed by atoms with van der Waals surface area (Å²) in [6, 6.07) is 20.3. The van der Waals surface area contributed by atoms with Crippen LogP contribution in [-0.4, -0.2) is 23.1 Å². The molecule has 1 nitrogen and oxygen atoms in total. The number of ether oxygens (including phenoxy) is 1. The van der Waals surface area contributed by atoms with Crippen molar-refractivity contribution in [1.29, 1.82) is 0 Å². The molecule has 144 valence electrons. The van der Waals surface area contributed by atoms with Crippen molar-refractivity contribution in [2.75, 3.05) is 0 Å². The first-order valence-corrected chi connectivity index (χ1v) is 10.2. The molecule has 0 radical (unpaired) electrons. The molecule has 4 saturated carbocycles. The first-order chi connectivity index (χ1) is 12.5. The fraction of sp³-hybridized carbons (Fsp3) is 0.520. The van der Waals surface area contributed by atoms with Gasteiger partial charge in [-0.3, -0.25) is 0 Å². The fourth-order valence-electron chi connectivity index (χ4n) is 7.44. The third-order valence-electron chi connectivity index (χ3n) is 7.26. The molecule has 4 bridgehead atoms. The van der Waals surface area contributed by atoms with E-state index < -0.39 is 0 Å². The molecular weight excluding hydrogens is 420 g/mol. The van der Waals surface area contributed by atoms with Crippen molar-refractivity contribution < 1.29 is 21.7 Å². The van der Waals surface area contributed by atoms with Crippen molar-refractivity contribution >= 4 is 23.1 Å². The Bertz CT molecular complexity index is 802. The van der Waals surface area contributed by atoms with Gasteiger partial charge in [-0.15, -0.1) is 11.6 Å². The number of rotatable bonds is 4. The van der Waals surface area contributed by atoms with Crippen LogP contribution in [0.1, 0.15) is 63.5 Å². The Hall–Kier alpha value is -0.514. The molecule has 0 aromatic heterocycles. The Kier molecular flexibility index (Phi) is 6.31. The van der Waals surface area contributed by atoms with E-state index in [0.29, 0.717) is 22.9 Å². The molecule has 28 heavy (non-hydrogen) atoms. The number of hydrogen-bond acceptors (Lipinski definition) is 1. The molecule has 4 fully saturated rings. The summed E-state index contributed by atoms with van der Waals surface area (Å²) in [6.45, 7) is 5.73. The SMILES string of the molecule is CC12CC3CC(C)(C1)CC(c1c[c-]ccc1OCc1ccccc1)(C3)C2.[Br-].[Mg+2]. The molecule has 0 spiro atoms. The molecule has 0 amide bonds. The molecule has 0 heterocycles. The maximum Gasteiger partial charge on any atom is 2.00 e. The van der Waals surface area contributed by atoms with Gasteiger partial charge in [0, 0.05) is 5.75 Å². The van der Waals surface area contributed by atoms with Gasteiger partial charge in [0.2, 0.25) is 0 Å². The molecule has 0 N–H and O–H groups in total. The average Bonchev–Trinajstić information content (AvgIpc) is 2.58. The Morgan fingerprint density at radius 1 is 0.964 bits per heavy atom. The maximum absolute atomic E-state index is 6.36. The van der Waals surface area contributed by atoms with Crippen LogP contribution in [0.5, 0.6) is 5.75 Å². The van der Waals surface area contributed by atoms with Gasteiger partial charge in [0.05, 0.1) is 0 Å². The van der Waals surface area contributed by atoms with E-state index in [-0.39, 0.29) is 40.0 Å². The smallest absolute Gasteiger partial charge is 1.00 e. The van der Waals surface area contributed by atoms with Crippen molar-refractivity contribution in [3.63, 3.8) is 0 Å². The quantitative estimate of drug-likeness (QED) is 0.515. The van der Waals surface area contributed by atoms with E-state index >= 15 is 0 Å². The zero-order valence-electron chi connectivity index (χ0n) is 17.1. The van der Waals surface area contributed by atoms with Crippen LogP contribution in [0.25, 0.3) is 0 Å². The number of halogens is 1. The summed E-state index contributed by atoms with van der Waals surface area (Å²) in [5, 5.41) is 0. The van der Waals surface area contributed by atoms with Gasteiger partial charge < -0.3 is 21.7 Å². The molecular formula is C25H29BrMgO. The van der Waals surface area contributed by atoms with Crippen LogP contribution in [0.2, 0.25) is 0 Å². The van der Waals surface area contributed by atoms with E-state index in [1.54, 1.807) is 0 Å². The number of benzene rings is 2. The summed E-state index contributed by atoms with van der Waals surface area (Å²) >= 11 is 0. The van der Waals surface area contributed by atoms with Gasteiger partial charge in [-0.25, -0.2) is 0 Å². The fourth-order valence-corrected chi connectivity index (χ4v) is 7.44. The zero-order chi connectivity index (χ0) is 17.8. The van der Waals surface area contributed by atoms with Crippen LogP contribution in [0.3, 0.4) is 0 Å². The van der Waals surface area contributed by atoms with E-state index in [2.05, 4.69) is 62.4 Å². The molecule has 2 aromatic carbocycles. The Labute approximate surface area is 196 Å². The van der Waals surface area contributed by atoms with Gasteiger partial charge in [-0.1, -0.05) is 50.6 Å². The summed E-state index contributed by atoms with van der Waals surface area (Å²) < 4.78 is 6.36. The van der Waals surface area contributed by atoms with E-state index in [9.17, 15) is 0 Å². The van der Waals surface area contributed by atoms with Crippen molar-refractivity contribution in [1.82, 2.24) is 0 Å². The van der Waals surface area contributed by atoms with Crippen LogP contribution >= 0.6 is 0 Å². The minimum absolute atomic E-state index is 0. The molecule has 6 rings (SSSR count). The van der Waals surface area contributed by atoms with Crippen LogP contribution in [0, 0.1) is 22.8 Å². The molecule has 4 aliphatic rings. The largest absolute Gasteiger partial charge is 2.00 e. The Morgan fingerprint density at radius 3 is 2.29 bits per heavy atom. The molecule has 0 aliphatic heterocycles. The first-order valence-electron chi connectivity index (χ1n) is 10.2. The molecule has 3 heteroatoms. The zero-order valence-corrected chi connectivity index (χ0v) is 20.1. The summed E-state index contributed by atoms with van der Waals surface area (Å²) in [4.78, 5) is 0. The Morgan fingerprint density at radius 2 is 1.64 bits per heavy atom. The molecule has 2 aromatic rings. The molecule has 0 saturated heterocycles. The van der Waals surface area contributed by atoms with Crippen molar-refractivity contribution in [2.24, 2.45) is 16.7 Å². The minimum atomic E-state index is 0. The van der Waals surface area contributed by atoms with Crippen LogP contribution in [-0.2, 0) is 12.0 Å². The van der Waals surface area contributed by atoms with Crippen molar-refractivity contribution in [3.8, 4) is 5.75 Å². The monoisotopic (exact) mass is 448 g/mol. The van der Waals surface area contributed by atoms with Gasteiger partial charge >= 0.3 is 23.1 Å². The van der Waals surface area contributed by atoms with Crippen LogP contribution in [0.4, 0.5) is 0 Å². The van der Waals surface area contributed by atoms with Gasteiger partial charge in [-0.2, -0.15) is 18.2 Å². The van der Waals surface area contributed by atoms with Crippen LogP contribution < -0.4 is 21.7 Å². The van der Waals surface area contributed by atoms with Gasteiger partial charge in [0.15, 0.2) is 0 Å².